The molecule has 6 nitrogen and oxygen atoms in total. The van der Waals surface area contributed by atoms with Crippen LogP contribution in [0.2, 0.25) is 0 Å². The number of aromatic nitrogens is 1. The fourth-order valence-electron chi connectivity index (χ4n) is 3.40. The van der Waals surface area contributed by atoms with E-state index in [0.717, 1.165) is 31.6 Å². The number of halogens is 2. The molecule has 0 aliphatic carbocycles. The Morgan fingerprint density at radius 1 is 1.36 bits per heavy atom. The first-order valence-corrected chi connectivity index (χ1v) is 8.63. The zero-order chi connectivity index (χ0) is 18.0. The molecule has 1 atom stereocenters. The predicted molar refractivity (Wildman–Crippen MR) is 93.1 cm³/mol. The van der Waals surface area contributed by atoms with Gasteiger partial charge < -0.3 is 15.1 Å². The van der Waals surface area contributed by atoms with E-state index in [0.29, 0.717) is 11.9 Å². The van der Waals surface area contributed by atoms with Crippen LogP contribution in [0, 0.1) is 0 Å². The van der Waals surface area contributed by atoms with Crippen LogP contribution in [0.25, 0.3) is 0 Å². The fraction of sp³-hybridized carbons (Fsp3) is 0.647. The Balaban J connectivity index is 1.53. The molecule has 1 unspecified atom stereocenters. The summed E-state index contributed by atoms with van der Waals surface area (Å²) in [6, 6.07) is 3.37. The van der Waals surface area contributed by atoms with E-state index in [1.807, 2.05) is 6.07 Å². The number of pyridine rings is 1. The van der Waals surface area contributed by atoms with Crippen molar-refractivity contribution in [3.63, 3.8) is 0 Å². The molecule has 0 spiro atoms. The summed E-state index contributed by atoms with van der Waals surface area (Å²) in [6.07, 6.45) is 3.46. The molecule has 25 heavy (non-hydrogen) atoms. The number of nitrogens with zero attached hydrogens (tertiary/aromatic N) is 3. The van der Waals surface area contributed by atoms with Crippen molar-refractivity contribution in [2.45, 2.75) is 37.3 Å². The lowest BCUT2D eigenvalue weighted by molar-refractivity contribution is -0.118. The van der Waals surface area contributed by atoms with Gasteiger partial charge in [0.05, 0.1) is 24.5 Å². The lowest BCUT2D eigenvalue weighted by atomic mass is 10.0. The molecule has 2 aliphatic heterocycles. The molecule has 2 fully saturated rings. The molecule has 2 N–H and O–H groups in total. The van der Waals surface area contributed by atoms with Gasteiger partial charge in [0.25, 0.3) is 5.92 Å². The highest BCUT2D eigenvalue weighted by Crippen LogP contribution is 2.26. The summed E-state index contributed by atoms with van der Waals surface area (Å²) >= 11 is 0. The quantitative estimate of drug-likeness (QED) is 0.860. The third-order valence-corrected chi connectivity index (χ3v) is 4.99. The SMILES string of the molecule is CN(C)C1CCN(c2ccc(NC(=O)C3CC(F)(F)CN3)nc2)CC1. The summed E-state index contributed by atoms with van der Waals surface area (Å²) in [7, 11) is 4.21. The van der Waals surface area contributed by atoms with E-state index in [1.165, 1.54) is 0 Å². The van der Waals surface area contributed by atoms with Crippen LogP contribution in [0.5, 0.6) is 0 Å². The maximum absolute atomic E-state index is 13.2. The number of nitrogens with one attached hydrogen (secondary N) is 2. The van der Waals surface area contributed by atoms with Gasteiger partial charge in [0, 0.05) is 25.6 Å². The van der Waals surface area contributed by atoms with Crippen molar-refractivity contribution in [3.8, 4) is 0 Å². The van der Waals surface area contributed by atoms with Gasteiger partial charge in [0.15, 0.2) is 0 Å². The highest BCUT2D eigenvalue weighted by atomic mass is 19.3. The molecule has 138 valence electrons. The van der Waals surface area contributed by atoms with E-state index in [-0.39, 0.29) is 0 Å². The molecule has 0 saturated carbocycles. The number of hydrogen-bond donors (Lipinski definition) is 2. The van der Waals surface area contributed by atoms with Crippen LogP contribution in [0.1, 0.15) is 19.3 Å². The summed E-state index contributed by atoms with van der Waals surface area (Å²) < 4.78 is 26.3. The minimum Gasteiger partial charge on any atom is -0.370 e. The number of carbonyl (C=O) groups is 1. The van der Waals surface area contributed by atoms with Crippen LogP contribution < -0.4 is 15.5 Å². The van der Waals surface area contributed by atoms with Gasteiger partial charge in [-0.1, -0.05) is 0 Å². The highest BCUT2D eigenvalue weighted by molar-refractivity contribution is 5.94. The number of carbonyl (C=O) groups excluding carboxylic acids is 1. The van der Waals surface area contributed by atoms with E-state index in [4.69, 9.17) is 0 Å². The number of amides is 1. The van der Waals surface area contributed by atoms with Crippen LogP contribution in [0.4, 0.5) is 20.3 Å². The molecule has 3 rings (SSSR count). The Hall–Kier alpha value is -1.80. The molecule has 1 amide bonds. The van der Waals surface area contributed by atoms with Gasteiger partial charge in [-0.25, -0.2) is 13.8 Å². The summed E-state index contributed by atoms with van der Waals surface area (Å²) in [5.74, 6) is -2.91. The molecule has 1 aromatic rings. The van der Waals surface area contributed by atoms with Crippen molar-refractivity contribution in [3.05, 3.63) is 18.3 Å². The van der Waals surface area contributed by atoms with Crippen molar-refractivity contribution in [2.75, 3.05) is 43.9 Å². The molecule has 2 saturated heterocycles. The van der Waals surface area contributed by atoms with Crippen molar-refractivity contribution in [1.82, 2.24) is 15.2 Å². The van der Waals surface area contributed by atoms with Gasteiger partial charge in [-0.2, -0.15) is 0 Å². The number of rotatable bonds is 4. The van der Waals surface area contributed by atoms with E-state index in [2.05, 4.69) is 39.5 Å². The maximum atomic E-state index is 13.2. The zero-order valence-corrected chi connectivity index (χ0v) is 14.6. The molecule has 0 bridgehead atoms. The Bertz CT molecular complexity index is 600. The van der Waals surface area contributed by atoms with Gasteiger partial charge in [0.2, 0.25) is 5.91 Å². The molecular formula is C17H25F2N5O. The van der Waals surface area contributed by atoms with Gasteiger partial charge >= 0.3 is 0 Å². The van der Waals surface area contributed by atoms with Crippen molar-refractivity contribution in [1.29, 1.82) is 0 Å². The van der Waals surface area contributed by atoms with E-state index in [9.17, 15) is 13.6 Å². The normalized spacial score (nSPS) is 23.9. The Kier molecular flexibility index (Phi) is 5.19. The van der Waals surface area contributed by atoms with Crippen LogP contribution in [0.15, 0.2) is 18.3 Å². The first kappa shape index (κ1) is 18.0. The second-order valence-corrected chi connectivity index (χ2v) is 7.07. The third-order valence-electron chi connectivity index (χ3n) is 4.99. The second kappa shape index (κ2) is 7.21. The molecule has 8 heteroatoms. The first-order chi connectivity index (χ1) is 11.8. The highest BCUT2D eigenvalue weighted by Gasteiger charge is 2.42. The van der Waals surface area contributed by atoms with E-state index < -0.39 is 30.8 Å². The van der Waals surface area contributed by atoms with Crippen molar-refractivity contribution in [2.24, 2.45) is 0 Å². The Morgan fingerprint density at radius 2 is 2.08 bits per heavy atom. The summed E-state index contributed by atoms with van der Waals surface area (Å²) in [6.45, 7) is 1.48. The van der Waals surface area contributed by atoms with Crippen LogP contribution in [0.3, 0.4) is 0 Å². The van der Waals surface area contributed by atoms with Crippen LogP contribution >= 0.6 is 0 Å². The maximum Gasteiger partial charge on any atom is 0.262 e. The minimum absolute atomic E-state index is 0.383. The summed E-state index contributed by atoms with van der Waals surface area (Å²) in [5, 5.41) is 5.14. The number of hydrogen-bond acceptors (Lipinski definition) is 5. The first-order valence-electron chi connectivity index (χ1n) is 8.63. The minimum atomic E-state index is -2.82. The Labute approximate surface area is 146 Å². The lowest BCUT2D eigenvalue weighted by Gasteiger charge is -2.36. The summed E-state index contributed by atoms with van der Waals surface area (Å²) in [4.78, 5) is 20.8. The van der Waals surface area contributed by atoms with Gasteiger partial charge in [0.1, 0.15) is 5.82 Å². The van der Waals surface area contributed by atoms with Crippen LogP contribution in [-0.2, 0) is 4.79 Å². The smallest absolute Gasteiger partial charge is 0.262 e. The monoisotopic (exact) mass is 353 g/mol. The predicted octanol–water partition coefficient (Wildman–Crippen LogP) is 1.55. The van der Waals surface area contributed by atoms with Gasteiger partial charge in [-0.05, 0) is 39.1 Å². The average molecular weight is 353 g/mol. The largest absolute Gasteiger partial charge is 0.370 e. The molecule has 0 radical (unpaired) electrons. The molecular weight excluding hydrogens is 328 g/mol. The fourth-order valence-corrected chi connectivity index (χ4v) is 3.40. The second-order valence-electron chi connectivity index (χ2n) is 7.07. The molecule has 0 aromatic carbocycles. The van der Waals surface area contributed by atoms with Crippen molar-refractivity contribution >= 4 is 17.4 Å². The van der Waals surface area contributed by atoms with E-state index in [1.54, 1.807) is 12.3 Å². The van der Waals surface area contributed by atoms with Gasteiger partial charge in [-0.15, -0.1) is 0 Å². The zero-order valence-electron chi connectivity index (χ0n) is 14.6. The topological polar surface area (TPSA) is 60.5 Å². The standard InChI is InChI=1S/C17H25F2N5O/c1-23(2)12-5-7-24(8-6-12)13-3-4-15(20-10-13)22-16(25)14-9-17(18,19)11-21-14/h3-4,10,12,14,21H,5-9,11H2,1-2H3,(H,20,22,25). The summed E-state index contributed by atoms with van der Waals surface area (Å²) in [5.41, 5.74) is 1.01. The number of piperidine rings is 1. The van der Waals surface area contributed by atoms with Crippen molar-refractivity contribution < 1.29 is 13.6 Å². The lowest BCUT2D eigenvalue weighted by Crippen LogP contribution is -2.42. The molecule has 3 heterocycles. The average Bonchev–Trinajstić information content (AvgIpc) is 2.96. The van der Waals surface area contributed by atoms with Gasteiger partial charge in [-0.3, -0.25) is 10.1 Å². The number of anilines is 2. The molecule has 2 aliphatic rings. The van der Waals surface area contributed by atoms with E-state index >= 15 is 0 Å². The third kappa shape index (κ3) is 4.43. The Morgan fingerprint density at radius 3 is 2.60 bits per heavy atom. The molecule has 1 aromatic heterocycles. The van der Waals surface area contributed by atoms with Crippen LogP contribution in [-0.4, -0.2) is 67.5 Å². The number of alkyl halides is 2.